The normalized spacial score (nSPS) is 13.4. The van der Waals surface area contributed by atoms with Crippen molar-refractivity contribution in [2.24, 2.45) is 11.3 Å². The number of carbonyl (C=O) groups is 1. The lowest BCUT2D eigenvalue weighted by molar-refractivity contribution is 0.107. The quantitative estimate of drug-likeness (QED) is 0.553. The Hall–Kier alpha value is -0.500. The number of rotatable bonds is 7. The van der Waals surface area contributed by atoms with Gasteiger partial charge in [-0.05, 0) is 38.6 Å². The van der Waals surface area contributed by atoms with E-state index in [9.17, 15) is 4.79 Å². The van der Waals surface area contributed by atoms with Crippen LogP contribution >= 0.6 is 31.8 Å². The summed E-state index contributed by atoms with van der Waals surface area (Å²) in [6.07, 6.45) is 1.89. The molecule has 0 N–H and O–H groups in total. The molecule has 0 saturated heterocycles. The van der Waals surface area contributed by atoms with Gasteiger partial charge in [0.15, 0.2) is 17.0 Å². The van der Waals surface area contributed by atoms with Gasteiger partial charge in [-0.2, -0.15) is 0 Å². The van der Waals surface area contributed by atoms with E-state index in [1.165, 1.54) is 20.3 Å². The van der Waals surface area contributed by atoms with E-state index in [0.717, 1.165) is 12.6 Å². The van der Waals surface area contributed by atoms with Crippen molar-refractivity contribution in [3.63, 3.8) is 0 Å². The van der Waals surface area contributed by atoms with E-state index in [0.29, 0.717) is 33.0 Å². The maximum atomic E-state index is 12.7. The van der Waals surface area contributed by atoms with Gasteiger partial charge in [-0.15, -0.1) is 0 Å². The Balaban J connectivity index is 2.99. The summed E-state index contributed by atoms with van der Waals surface area (Å²) in [7, 11) is 3.09. The molecule has 3 nitrogen and oxygen atoms in total. The number of hydrogen-bond donors (Lipinski definition) is 0. The lowest BCUT2D eigenvalue weighted by Gasteiger charge is -2.23. The first-order chi connectivity index (χ1) is 10.6. The SMILES string of the molecule is COc1c(Cl)cc(Cl)c(OC)c1C(=O)PCC(C)CC(C)(C)C. The van der Waals surface area contributed by atoms with Gasteiger partial charge in [0, 0.05) is 0 Å². The number of hydrogen-bond acceptors (Lipinski definition) is 3. The molecule has 0 fully saturated rings. The van der Waals surface area contributed by atoms with Gasteiger partial charge in [0.25, 0.3) is 0 Å². The van der Waals surface area contributed by atoms with Crippen LogP contribution in [0.3, 0.4) is 0 Å². The number of methoxy groups -OCH3 is 2. The van der Waals surface area contributed by atoms with E-state index in [4.69, 9.17) is 32.7 Å². The maximum Gasteiger partial charge on any atom is 0.188 e. The molecule has 1 aromatic carbocycles. The smallest absolute Gasteiger partial charge is 0.188 e. The van der Waals surface area contributed by atoms with Gasteiger partial charge in [0.1, 0.15) is 5.56 Å². The van der Waals surface area contributed by atoms with E-state index in [2.05, 4.69) is 27.7 Å². The molecule has 23 heavy (non-hydrogen) atoms. The molecule has 6 heteroatoms. The first-order valence-electron chi connectivity index (χ1n) is 7.49. The van der Waals surface area contributed by atoms with Crippen LogP contribution in [0, 0.1) is 11.3 Å². The third-order valence-electron chi connectivity index (χ3n) is 3.35. The minimum atomic E-state index is -0.0381. The van der Waals surface area contributed by atoms with Gasteiger partial charge in [-0.3, -0.25) is 4.79 Å². The predicted octanol–water partition coefficient (Wildman–Crippen LogP) is 5.90. The standard InChI is InChI=1S/C17H25Cl2O3P/c1-10(8-17(2,3)4)9-23-16(20)13-14(21-5)11(18)7-12(19)15(13)22-6/h7,10,23H,8-9H2,1-6H3. The summed E-state index contributed by atoms with van der Waals surface area (Å²) in [5, 5.41) is 0.628. The minimum absolute atomic E-state index is 0.0381. The van der Waals surface area contributed by atoms with Gasteiger partial charge in [-0.25, -0.2) is 0 Å². The summed E-state index contributed by atoms with van der Waals surface area (Å²) >= 11 is 12.3. The Bertz CT molecular complexity index is 540. The molecule has 1 rings (SSSR count). The number of halogens is 2. The van der Waals surface area contributed by atoms with Crippen molar-refractivity contribution < 1.29 is 14.3 Å². The van der Waals surface area contributed by atoms with Crippen molar-refractivity contribution in [3.05, 3.63) is 21.7 Å². The third kappa shape index (κ3) is 5.81. The van der Waals surface area contributed by atoms with Crippen molar-refractivity contribution in [2.75, 3.05) is 20.4 Å². The Kier molecular flexibility index (Phi) is 7.64. The average Bonchev–Trinajstić information content (AvgIpc) is 2.42. The van der Waals surface area contributed by atoms with Crippen molar-refractivity contribution in [1.82, 2.24) is 0 Å². The molecular weight excluding hydrogens is 354 g/mol. The molecule has 0 saturated carbocycles. The molecule has 0 aliphatic heterocycles. The summed E-state index contributed by atoms with van der Waals surface area (Å²) < 4.78 is 10.6. The fourth-order valence-electron chi connectivity index (χ4n) is 2.66. The fraction of sp³-hybridized carbons (Fsp3) is 0.588. The van der Waals surface area contributed by atoms with E-state index in [-0.39, 0.29) is 19.5 Å². The summed E-state index contributed by atoms with van der Waals surface area (Å²) in [6, 6.07) is 1.53. The molecule has 2 unspecified atom stereocenters. The Morgan fingerprint density at radius 2 is 1.65 bits per heavy atom. The molecule has 0 aliphatic carbocycles. The molecule has 0 aliphatic rings. The Labute approximate surface area is 150 Å². The molecule has 0 amide bonds. The number of benzene rings is 1. The zero-order valence-electron chi connectivity index (χ0n) is 14.5. The van der Waals surface area contributed by atoms with Gasteiger partial charge in [0.05, 0.1) is 24.3 Å². The van der Waals surface area contributed by atoms with E-state index < -0.39 is 0 Å². The molecule has 0 heterocycles. The van der Waals surface area contributed by atoms with Crippen LogP contribution in [-0.2, 0) is 0 Å². The number of ether oxygens (including phenoxy) is 2. The molecule has 1 aromatic rings. The lowest BCUT2D eigenvalue weighted by Crippen LogP contribution is -2.13. The molecule has 0 spiro atoms. The Morgan fingerprint density at radius 1 is 1.17 bits per heavy atom. The maximum absolute atomic E-state index is 12.7. The van der Waals surface area contributed by atoms with Gasteiger partial charge >= 0.3 is 0 Å². The van der Waals surface area contributed by atoms with Crippen LogP contribution in [0.4, 0.5) is 0 Å². The topological polar surface area (TPSA) is 35.5 Å². The van der Waals surface area contributed by atoms with E-state index in [1.54, 1.807) is 0 Å². The third-order valence-corrected chi connectivity index (χ3v) is 5.38. The van der Waals surface area contributed by atoms with E-state index >= 15 is 0 Å². The molecule has 0 bridgehead atoms. The minimum Gasteiger partial charge on any atom is -0.494 e. The van der Waals surface area contributed by atoms with Crippen molar-refractivity contribution in [1.29, 1.82) is 0 Å². The second kappa shape index (κ2) is 8.55. The van der Waals surface area contributed by atoms with Crippen LogP contribution < -0.4 is 9.47 Å². The van der Waals surface area contributed by atoms with Crippen molar-refractivity contribution >= 4 is 37.3 Å². The predicted molar refractivity (Wildman–Crippen MR) is 100 cm³/mol. The molecule has 2 atom stereocenters. The second-order valence-electron chi connectivity index (χ2n) is 6.86. The van der Waals surface area contributed by atoms with Crippen molar-refractivity contribution in [3.8, 4) is 11.5 Å². The highest BCUT2D eigenvalue weighted by Gasteiger charge is 2.25. The van der Waals surface area contributed by atoms with E-state index in [1.807, 2.05) is 0 Å². The first-order valence-corrected chi connectivity index (χ1v) is 9.45. The highest BCUT2D eigenvalue weighted by molar-refractivity contribution is 7.58. The largest absolute Gasteiger partial charge is 0.494 e. The molecule has 130 valence electrons. The monoisotopic (exact) mass is 378 g/mol. The zero-order chi connectivity index (χ0) is 17.8. The van der Waals surface area contributed by atoms with Crippen LogP contribution in [0.2, 0.25) is 10.0 Å². The first kappa shape index (κ1) is 20.5. The van der Waals surface area contributed by atoms with Crippen LogP contribution in [0.5, 0.6) is 11.5 Å². The lowest BCUT2D eigenvalue weighted by atomic mass is 9.86. The highest BCUT2D eigenvalue weighted by Crippen LogP contribution is 2.44. The van der Waals surface area contributed by atoms with Gasteiger partial charge in [-0.1, -0.05) is 50.9 Å². The van der Waals surface area contributed by atoms with Gasteiger partial charge in [0.2, 0.25) is 0 Å². The summed E-state index contributed by atoms with van der Waals surface area (Å²) in [5.74, 6) is 1.12. The summed E-state index contributed by atoms with van der Waals surface area (Å²) in [6.45, 7) is 8.79. The van der Waals surface area contributed by atoms with Crippen LogP contribution in [0.25, 0.3) is 0 Å². The molecule has 0 radical (unpaired) electrons. The average molecular weight is 379 g/mol. The zero-order valence-corrected chi connectivity index (χ0v) is 17.1. The summed E-state index contributed by atoms with van der Waals surface area (Å²) in [4.78, 5) is 12.7. The Morgan fingerprint density at radius 3 is 2.04 bits per heavy atom. The summed E-state index contributed by atoms with van der Waals surface area (Å²) in [5.41, 5.74) is 0.555. The van der Waals surface area contributed by atoms with Crippen LogP contribution in [0.15, 0.2) is 6.07 Å². The second-order valence-corrected chi connectivity index (χ2v) is 8.89. The highest BCUT2D eigenvalue weighted by atomic mass is 35.5. The van der Waals surface area contributed by atoms with Gasteiger partial charge < -0.3 is 9.47 Å². The fourth-order valence-corrected chi connectivity index (χ4v) is 4.36. The molecular formula is C17H25Cl2O3P. The number of carbonyl (C=O) groups excluding carboxylic acids is 1. The van der Waals surface area contributed by atoms with Crippen LogP contribution in [-0.4, -0.2) is 25.9 Å². The van der Waals surface area contributed by atoms with Crippen LogP contribution in [0.1, 0.15) is 44.5 Å². The molecule has 0 aromatic heterocycles. The van der Waals surface area contributed by atoms with Crippen molar-refractivity contribution in [2.45, 2.75) is 34.1 Å².